The van der Waals surface area contributed by atoms with Crippen LogP contribution in [-0.4, -0.2) is 38.2 Å². The third-order valence-corrected chi connectivity index (χ3v) is 2.94. The molecule has 0 atom stereocenters. The fourth-order valence-corrected chi connectivity index (χ4v) is 1.90. The van der Waals surface area contributed by atoms with Gasteiger partial charge in [0.05, 0.1) is 12.8 Å². The van der Waals surface area contributed by atoms with Gasteiger partial charge in [-0.2, -0.15) is 0 Å². The van der Waals surface area contributed by atoms with Crippen LogP contribution in [0.25, 0.3) is 5.69 Å². The van der Waals surface area contributed by atoms with Crippen LogP contribution in [0.5, 0.6) is 5.75 Å². The van der Waals surface area contributed by atoms with E-state index in [1.807, 2.05) is 0 Å². The van der Waals surface area contributed by atoms with Gasteiger partial charge < -0.3 is 10.1 Å². The average molecular weight is 296 g/mol. The number of hydrogen-bond donors (Lipinski definition) is 1. The number of rotatable bonds is 4. The van der Waals surface area contributed by atoms with Gasteiger partial charge in [0.1, 0.15) is 6.33 Å². The first kappa shape index (κ1) is 13.7. The van der Waals surface area contributed by atoms with E-state index in [4.69, 9.17) is 4.74 Å². The molecule has 0 aliphatic rings. The van der Waals surface area contributed by atoms with E-state index in [-0.39, 0.29) is 5.91 Å². The average Bonchev–Trinajstić information content (AvgIpc) is 3.10. The van der Waals surface area contributed by atoms with Crippen molar-refractivity contribution < 1.29 is 9.53 Å². The van der Waals surface area contributed by atoms with Gasteiger partial charge in [0.25, 0.3) is 5.91 Å². The second-order valence-electron chi connectivity index (χ2n) is 4.31. The van der Waals surface area contributed by atoms with Gasteiger partial charge in [-0.05, 0) is 40.8 Å². The van der Waals surface area contributed by atoms with Crippen molar-refractivity contribution in [2.45, 2.75) is 0 Å². The van der Waals surface area contributed by atoms with Crippen LogP contribution in [0.3, 0.4) is 0 Å². The molecule has 1 amide bonds. The Kier molecular flexibility index (Phi) is 3.73. The highest BCUT2D eigenvalue weighted by Gasteiger charge is 2.11. The summed E-state index contributed by atoms with van der Waals surface area (Å²) >= 11 is 0. The summed E-state index contributed by atoms with van der Waals surface area (Å²) in [7, 11) is 1.52. The summed E-state index contributed by atoms with van der Waals surface area (Å²) in [5.41, 5.74) is 1.14. The summed E-state index contributed by atoms with van der Waals surface area (Å²) in [6, 6.07) is 10.4. The van der Waals surface area contributed by atoms with Crippen LogP contribution in [0.2, 0.25) is 0 Å². The molecule has 0 fully saturated rings. The number of ether oxygens (including phenoxy) is 1. The Morgan fingerprint density at radius 2 is 2.18 bits per heavy atom. The first-order chi connectivity index (χ1) is 10.8. The van der Waals surface area contributed by atoms with Gasteiger partial charge in [0, 0.05) is 11.8 Å². The number of tetrazole rings is 1. The molecule has 0 radical (unpaired) electrons. The standard InChI is InChI=1S/C14H12N6O2/c1-22-12-6-3-7-15-13(12)17-14(21)10-4-2-5-11(8-10)20-9-16-18-19-20/h2-9H,1H3,(H,15,17,21). The molecule has 0 unspecified atom stereocenters. The van der Waals surface area contributed by atoms with Crippen molar-refractivity contribution in [3.8, 4) is 11.4 Å². The molecule has 3 rings (SSSR count). The topological polar surface area (TPSA) is 94.8 Å². The lowest BCUT2D eigenvalue weighted by Crippen LogP contribution is -2.14. The molecule has 22 heavy (non-hydrogen) atoms. The fourth-order valence-electron chi connectivity index (χ4n) is 1.90. The fraction of sp³-hybridized carbons (Fsp3) is 0.0714. The Balaban J connectivity index is 1.85. The van der Waals surface area contributed by atoms with Crippen LogP contribution in [0, 0.1) is 0 Å². The van der Waals surface area contributed by atoms with Gasteiger partial charge in [-0.1, -0.05) is 6.07 Å². The van der Waals surface area contributed by atoms with Crippen molar-refractivity contribution in [1.82, 2.24) is 25.2 Å². The maximum absolute atomic E-state index is 12.3. The Hall–Kier alpha value is -3.29. The maximum atomic E-state index is 12.3. The molecule has 8 nitrogen and oxygen atoms in total. The van der Waals surface area contributed by atoms with Crippen LogP contribution in [0.1, 0.15) is 10.4 Å². The lowest BCUT2D eigenvalue weighted by molar-refractivity contribution is 0.102. The van der Waals surface area contributed by atoms with Gasteiger partial charge in [0.15, 0.2) is 11.6 Å². The second-order valence-corrected chi connectivity index (χ2v) is 4.31. The molecule has 3 aromatic rings. The Morgan fingerprint density at radius 1 is 1.27 bits per heavy atom. The minimum Gasteiger partial charge on any atom is -0.493 e. The van der Waals surface area contributed by atoms with Crippen molar-refractivity contribution >= 4 is 11.7 Å². The SMILES string of the molecule is COc1cccnc1NC(=O)c1cccc(-n2cnnn2)c1. The molecule has 1 N–H and O–H groups in total. The van der Waals surface area contributed by atoms with Crippen molar-refractivity contribution in [3.63, 3.8) is 0 Å². The minimum absolute atomic E-state index is 0.299. The molecule has 0 saturated heterocycles. The summed E-state index contributed by atoms with van der Waals surface area (Å²) in [6.45, 7) is 0. The lowest BCUT2D eigenvalue weighted by Gasteiger charge is -2.09. The van der Waals surface area contributed by atoms with Gasteiger partial charge in [0.2, 0.25) is 0 Å². The zero-order chi connectivity index (χ0) is 15.4. The van der Waals surface area contributed by atoms with Crippen LogP contribution in [0.4, 0.5) is 5.82 Å². The van der Waals surface area contributed by atoms with Crippen LogP contribution >= 0.6 is 0 Å². The minimum atomic E-state index is -0.299. The summed E-state index contributed by atoms with van der Waals surface area (Å²) < 4.78 is 6.63. The van der Waals surface area contributed by atoms with Crippen molar-refractivity contribution in [2.24, 2.45) is 0 Å². The molecule has 1 aromatic carbocycles. The van der Waals surface area contributed by atoms with E-state index >= 15 is 0 Å². The Morgan fingerprint density at radius 3 is 2.95 bits per heavy atom. The Bertz CT molecular complexity index is 788. The van der Waals surface area contributed by atoms with E-state index in [0.717, 1.165) is 0 Å². The zero-order valence-corrected chi connectivity index (χ0v) is 11.7. The van der Waals surface area contributed by atoms with Gasteiger partial charge >= 0.3 is 0 Å². The summed E-state index contributed by atoms with van der Waals surface area (Å²) in [6.07, 6.45) is 3.04. The van der Waals surface area contributed by atoms with E-state index < -0.39 is 0 Å². The summed E-state index contributed by atoms with van der Waals surface area (Å²) in [4.78, 5) is 16.4. The van der Waals surface area contributed by atoms with Crippen molar-refractivity contribution in [2.75, 3.05) is 12.4 Å². The second kappa shape index (κ2) is 6.00. The molecule has 110 valence electrons. The van der Waals surface area contributed by atoms with Gasteiger partial charge in [-0.15, -0.1) is 5.10 Å². The molecular weight excluding hydrogens is 284 g/mol. The summed E-state index contributed by atoms with van der Waals surface area (Å²) in [5.74, 6) is 0.558. The quantitative estimate of drug-likeness (QED) is 0.780. The molecule has 0 bridgehead atoms. The molecule has 0 saturated carbocycles. The highest BCUT2D eigenvalue weighted by atomic mass is 16.5. The molecule has 2 heterocycles. The van der Waals surface area contributed by atoms with E-state index in [0.29, 0.717) is 22.8 Å². The van der Waals surface area contributed by atoms with Crippen LogP contribution in [-0.2, 0) is 0 Å². The van der Waals surface area contributed by atoms with Crippen LogP contribution < -0.4 is 10.1 Å². The monoisotopic (exact) mass is 296 g/mol. The third-order valence-electron chi connectivity index (χ3n) is 2.94. The number of benzene rings is 1. The lowest BCUT2D eigenvalue weighted by atomic mass is 10.2. The number of aromatic nitrogens is 5. The number of nitrogens with one attached hydrogen (secondary N) is 1. The smallest absolute Gasteiger partial charge is 0.256 e. The van der Waals surface area contributed by atoms with E-state index in [2.05, 4.69) is 25.8 Å². The molecule has 2 aromatic heterocycles. The number of pyridine rings is 1. The first-order valence-corrected chi connectivity index (χ1v) is 6.42. The van der Waals surface area contributed by atoms with E-state index in [9.17, 15) is 4.79 Å². The number of methoxy groups -OCH3 is 1. The summed E-state index contributed by atoms with van der Waals surface area (Å²) in [5, 5.41) is 13.6. The zero-order valence-electron chi connectivity index (χ0n) is 11.7. The molecule has 0 aliphatic heterocycles. The van der Waals surface area contributed by atoms with Crippen molar-refractivity contribution in [3.05, 3.63) is 54.5 Å². The predicted molar refractivity (Wildman–Crippen MR) is 77.9 cm³/mol. The maximum Gasteiger partial charge on any atom is 0.256 e. The number of carbonyl (C=O) groups is 1. The predicted octanol–water partition coefficient (Wildman–Crippen LogP) is 1.32. The highest BCUT2D eigenvalue weighted by Crippen LogP contribution is 2.21. The largest absolute Gasteiger partial charge is 0.493 e. The molecule has 0 spiro atoms. The third kappa shape index (κ3) is 2.75. The number of amides is 1. The molecule has 8 heteroatoms. The number of carbonyl (C=O) groups excluding carboxylic acids is 1. The van der Waals surface area contributed by atoms with E-state index in [1.54, 1.807) is 42.6 Å². The van der Waals surface area contributed by atoms with Gasteiger partial charge in [-0.3, -0.25) is 4.79 Å². The molecule has 0 aliphatic carbocycles. The molecular formula is C14H12N6O2. The normalized spacial score (nSPS) is 10.2. The number of hydrogen-bond acceptors (Lipinski definition) is 6. The number of anilines is 1. The van der Waals surface area contributed by atoms with Crippen LogP contribution in [0.15, 0.2) is 48.9 Å². The Labute approximate surface area is 125 Å². The first-order valence-electron chi connectivity index (χ1n) is 6.42. The van der Waals surface area contributed by atoms with Gasteiger partial charge in [-0.25, -0.2) is 9.67 Å². The number of nitrogens with zero attached hydrogens (tertiary/aromatic N) is 5. The van der Waals surface area contributed by atoms with Crippen molar-refractivity contribution in [1.29, 1.82) is 0 Å². The van der Waals surface area contributed by atoms with E-state index in [1.165, 1.54) is 18.1 Å². The highest BCUT2D eigenvalue weighted by molar-refractivity contribution is 6.04.